The maximum absolute atomic E-state index is 11.9. The number of amides is 1. The molecule has 1 aromatic carbocycles. The largest absolute Gasteiger partial charge is 0.325 e. The van der Waals surface area contributed by atoms with Gasteiger partial charge in [0.1, 0.15) is 0 Å². The fraction of sp³-hybridized carbons (Fsp3) is 0.588. The molecule has 1 fully saturated rings. The van der Waals surface area contributed by atoms with Crippen LogP contribution in [0.15, 0.2) is 24.3 Å². The Balaban J connectivity index is 1.65. The molecule has 1 amide bonds. The first-order valence-electron chi connectivity index (χ1n) is 7.97. The van der Waals surface area contributed by atoms with Crippen molar-refractivity contribution in [2.75, 3.05) is 38.0 Å². The number of carbonyl (C=O) groups excluding carboxylic acids is 1. The predicted molar refractivity (Wildman–Crippen MR) is 87.5 cm³/mol. The topological polar surface area (TPSA) is 44.4 Å². The summed E-state index contributed by atoms with van der Waals surface area (Å²) in [5, 5.41) is 6.25. The third kappa shape index (κ3) is 5.14. The minimum absolute atomic E-state index is 0.0373. The van der Waals surface area contributed by atoms with Crippen molar-refractivity contribution in [3.05, 3.63) is 29.8 Å². The number of benzene rings is 1. The Morgan fingerprint density at radius 1 is 1.29 bits per heavy atom. The molecule has 4 heteroatoms. The van der Waals surface area contributed by atoms with Crippen LogP contribution in [0.1, 0.15) is 25.3 Å². The third-order valence-corrected chi connectivity index (χ3v) is 4.29. The molecule has 0 spiro atoms. The number of hydrogen-bond donors (Lipinski definition) is 2. The van der Waals surface area contributed by atoms with Crippen molar-refractivity contribution in [2.24, 2.45) is 5.92 Å². The van der Waals surface area contributed by atoms with E-state index in [1.807, 2.05) is 31.2 Å². The second-order valence-corrected chi connectivity index (χ2v) is 5.87. The van der Waals surface area contributed by atoms with Gasteiger partial charge >= 0.3 is 0 Å². The van der Waals surface area contributed by atoms with Crippen molar-refractivity contribution in [3.8, 4) is 0 Å². The summed E-state index contributed by atoms with van der Waals surface area (Å²) in [7, 11) is 0. The minimum atomic E-state index is 0.0373. The van der Waals surface area contributed by atoms with Gasteiger partial charge in [-0.05, 0) is 63.5 Å². The molecule has 2 rings (SSSR count). The molecule has 0 unspecified atom stereocenters. The van der Waals surface area contributed by atoms with Crippen LogP contribution in [0, 0.1) is 12.8 Å². The van der Waals surface area contributed by atoms with E-state index in [9.17, 15) is 4.79 Å². The summed E-state index contributed by atoms with van der Waals surface area (Å²) >= 11 is 0. The summed E-state index contributed by atoms with van der Waals surface area (Å²) in [6.07, 6.45) is 2.47. The monoisotopic (exact) mass is 289 g/mol. The summed E-state index contributed by atoms with van der Waals surface area (Å²) in [6, 6.07) is 7.86. The molecule has 1 aromatic rings. The Morgan fingerprint density at radius 3 is 2.67 bits per heavy atom. The van der Waals surface area contributed by atoms with Gasteiger partial charge in [0.05, 0.1) is 6.54 Å². The summed E-state index contributed by atoms with van der Waals surface area (Å²) in [5.74, 6) is 0.745. The van der Waals surface area contributed by atoms with Gasteiger partial charge in [0.15, 0.2) is 0 Å². The lowest BCUT2D eigenvalue weighted by atomic mass is 9.97. The summed E-state index contributed by atoms with van der Waals surface area (Å²) in [6.45, 7) is 9.09. The normalized spacial score (nSPS) is 16.9. The molecule has 0 bridgehead atoms. The highest BCUT2D eigenvalue weighted by atomic mass is 16.1. The van der Waals surface area contributed by atoms with Gasteiger partial charge in [-0.1, -0.05) is 25.1 Å². The van der Waals surface area contributed by atoms with Gasteiger partial charge in [0, 0.05) is 5.69 Å². The van der Waals surface area contributed by atoms with Gasteiger partial charge in [0.25, 0.3) is 0 Å². The van der Waals surface area contributed by atoms with Crippen LogP contribution in [0.3, 0.4) is 0 Å². The summed E-state index contributed by atoms with van der Waals surface area (Å²) < 4.78 is 0. The van der Waals surface area contributed by atoms with Gasteiger partial charge in [-0.3, -0.25) is 4.79 Å². The Morgan fingerprint density at radius 2 is 2.00 bits per heavy atom. The van der Waals surface area contributed by atoms with Crippen LogP contribution in [-0.2, 0) is 4.79 Å². The fourth-order valence-electron chi connectivity index (χ4n) is 2.80. The van der Waals surface area contributed by atoms with Gasteiger partial charge in [0.2, 0.25) is 5.91 Å². The Labute approximate surface area is 127 Å². The molecule has 4 nitrogen and oxygen atoms in total. The SMILES string of the molecule is CCN1CCC(CNCC(=O)Nc2ccccc2C)CC1. The van der Waals surface area contributed by atoms with Crippen LogP contribution < -0.4 is 10.6 Å². The summed E-state index contributed by atoms with van der Waals surface area (Å²) in [5.41, 5.74) is 2.00. The molecule has 116 valence electrons. The third-order valence-electron chi connectivity index (χ3n) is 4.29. The molecule has 2 N–H and O–H groups in total. The first kappa shape index (κ1) is 16.0. The van der Waals surface area contributed by atoms with E-state index in [1.165, 1.54) is 25.9 Å². The van der Waals surface area contributed by atoms with Crippen molar-refractivity contribution in [1.29, 1.82) is 0 Å². The molecule has 1 heterocycles. The smallest absolute Gasteiger partial charge is 0.238 e. The van der Waals surface area contributed by atoms with E-state index < -0.39 is 0 Å². The molecule has 0 saturated carbocycles. The summed E-state index contributed by atoms with van der Waals surface area (Å²) in [4.78, 5) is 14.4. The van der Waals surface area contributed by atoms with Crippen molar-refractivity contribution in [2.45, 2.75) is 26.7 Å². The quantitative estimate of drug-likeness (QED) is 0.844. The van der Waals surface area contributed by atoms with E-state index in [1.54, 1.807) is 0 Å². The molecular weight excluding hydrogens is 262 g/mol. The van der Waals surface area contributed by atoms with E-state index in [2.05, 4.69) is 22.5 Å². The maximum Gasteiger partial charge on any atom is 0.238 e. The molecule has 1 aliphatic heterocycles. The van der Waals surface area contributed by atoms with Crippen LogP contribution >= 0.6 is 0 Å². The number of nitrogens with one attached hydrogen (secondary N) is 2. The van der Waals surface area contributed by atoms with E-state index in [4.69, 9.17) is 0 Å². The average molecular weight is 289 g/mol. The molecule has 21 heavy (non-hydrogen) atoms. The Kier molecular flexibility index (Phi) is 6.21. The average Bonchev–Trinajstić information content (AvgIpc) is 2.50. The van der Waals surface area contributed by atoms with Gasteiger partial charge in [-0.15, -0.1) is 0 Å². The predicted octanol–water partition coefficient (Wildman–Crippen LogP) is 2.26. The zero-order valence-electron chi connectivity index (χ0n) is 13.2. The lowest BCUT2D eigenvalue weighted by Gasteiger charge is -2.31. The number of likely N-dealkylation sites (tertiary alicyclic amines) is 1. The highest BCUT2D eigenvalue weighted by molar-refractivity contribution is 5.92. The number of aryl methyl sites for hydroxylation is 1. The number of hydrogen-bond acceptors (Lipinski definition) is 3. The maximum atomic E-state index is 11.9. The standard InChI is InChI=1S/C17H27N3O/c1-3-20-10-8-15(9-11-20)12-18-13-17(21)19-16-7-5-4-6-14(16)2/h4-7,15,18H,3,8-13H2,1-2H3,(H,19,21). The van der Waals surface area contributed by atoms with E-state index in [0.717, 1.165) is 24.3 Å². The number of carbonyl (C=O) groups is 1. The van der Waals surface area contributed by atoms with Crippen LogP contribution in [-0.4, -0.2) is 43.5 Å². The van der Waals surface area contributed by atoms with Gasteiger partial charge in [-0.2, -0.15) is 0 Å². The van der Waals surface area contributed by atoms with E-state index in [0.29, 0.717) is 12.5 Å². The highest BCUT2D eigenvalue weighted by Gasteiger charge is 2.17. The van der Waals surface area contributed by atoms with Crippen molar-refractivity contribution >= 4 is 11.6 Å². The van der Waals surface area contributed by atoms with Crippen LogP contribution in [0.25, 0.3) is 0 Å². The number of nitrogens with zero attached hydrogens (tertiary/aromatic N) is 1. The zero-order chi connectivity index (χ0) is 15.1. The molecule has 1 saturated heterocycles. The van der Waals surface area contributed by atoms with Gasteiger partial charge < -0.3 is 15.5 Å². The Bertz CT molecular complexity index is 453. The molecule has 0 radical (unpaired) electrons. The van der Waals surface area contributed by atoms with Crippen molar-refractivity contribution in [3.63, 3.8) is 0 Å². The number of rotatable bonds is 6. The lowest BCUT2D eigenvalue weighted by Crippen LogP contribution is -2.38. The van der Waals surface area contributed by atoms with Gasteiger partial charge in [-0.25, -0.2) is 0 Å². The zero-order valence-corrected chi connectivity index (χ0v) is 13.2. The second-order valence-electron chi connectivity index (χ2n) is 5.87. The number of para-hydroxylation sites is 1. The van der Waals surface area contributed by atoms with Crippen LogP contribution in [0.2, 0.25) is 0 Å². The molecule has 0 aromatic heterocycles. The first-order chi connectivity index (χ1) is 10.2. The number of piperidine rings is 1. The minimum Gasteiger partial charge on any atom is -0.325 e. The molecule has 0 atom stereocenters. The van der Waals surface area contributed by atoms with Crippen molar-refractivity contribution in [1.82, 2.24) is 10.2 Å². The van der Waals surface area contributed by atoms with E-state index >= 15 is 0 Å². The molecule has 1 aliphatic rings. The lowest BCUT2D eigenvalue weighted by molar-refractivity contribution is -0.115. The van der Waals surface area contributed by atoms with Crippen LogP contribution in [0.5, 0.6) is 0 Å². The first-order valence-corrected chi connectivity index (χ1v) is 7.97. The highest BCUT2D eigenvalue weighted by Crippen LogP contribution is 2.16. The number of anilines is 1. The van der Waals surface area contributed by atoms with Crippen molar-refractivity contribution < 1.29 is 4.79 Å². The molecule has 0 aliphatic carbocycles. The van der Waals surface area contributed by atoms with Crippen LogP contribution in [0.4, 0.5) is 5.69 Å². The fourth-order valence-corrected chi connectivity index (χ4v) is 2.80. The van der Waals surface area contributed by atoms with E-state index in [-0.39, 0.29) is 5.91 Å². The second kappa shape index (κ2) is 8.15. The molecular formula is C17H27N3O. The Hall–Kier alpha value is -1.39.